The van der Waals surface area contributed by atoms with Crippen molar-refractivity contribution >= 4 is 0 Å². The number of nitrogens with two attached hydrogens (primary N) is 1. The lowest BCUT2D eigenvalue weighted by Crippen LogP contribution is -2.17. The quantitative estimate of drug-likeness (QED) is 0.929. The summed E-state index contributed by atoms with van der Waals surface area (Å²) in [4.78, 5) is 0. The van der Waals surface area contributed by atoms with Crippen molar-refractivity contribution in [2.24, 2.45) is 12.8 Å². The van der Waals surface area contributed by atoms with Gasteiger partial charge in [0.2, 0.25) is 0 Å². The largest absolute Gasteiger partial charge is 0.329 e. The molecular formula is C19H29N3. The van der Waals surface area contributed by atoms with E-state index in [1.807, 2.05) is 11.7 Å². The highest BCUT2D eigenvalue weighted by molar-refractivity contribution is 5.35. The maximum atomic E-state index is 6.07. The van der Waals surface area contributed by atoms with Crippen molar-refractivity contribution in [2.75, 3.05) is 6.54 Å². The minimum atomic E-state index is 0.175. The molecule has 1 heterocycles. The number of rotatable bonds is 4. The third kappa shape index (κ3) is 3.41. The first-order chi connectivity index (χ1) is 10.2. The number of nitrogens with zero attached hydrogens (tertiary/aromatic N) is 2. The van der Waals surface area contributed by atoms with Crippen LogP contribution in [0.3, 0.4) is 0 Å². The van der Waals surface area contributed by atoms with E-state index in [4.69, 9.17) is 5.73 Å². The second-order valence-corrected chi connectivity index (χ2v) is 7.43. The van der Waals surface area contributed by atoms with Crippen LogP contribution in [0.2, 0.25) is 0 Å². The third-order valence-electron chi connectivity index (χ3n) is 4.30. The predicted molar refractivity (Wildman–Crippen MR) is 93.3 cm³/mol. The molecule has 0 fully saturated rings. The Morgan fingerprint density at radius 2 is 1.73 bits per heavy atom. The van der Waals surface area contributed by atoms with Gasteiger partial charge in [0.15, 0.2) is 0 Å². The molecule has 2 N–H and O–H groups in total. The van der Waals surface area contributed by atoms with Crippen molar-refractivity contribution in [1.29, 1.82) is 0 Å². The van der Waals surface area contributed by atoms with E-state index in [0.717, 1.165) is 5.69 Å². The van der Waals surface area contributed by atoms with Crippen molar-refractivity contribution in [3.8, 4) is 0 Å². The highest BCUT2D eigenvalue weighted by Crippen LogP contribution is 2.28. The van der Waals surface area contributed by atoms with E-state index in [-0.39, 0.29) is 11.3 Å². The number of hydrogen-bond acceptors (Lipinski definition) is 2. The van der Waals surface area contributed by atoms with Crippen LogP contribution < -0.4 is 5.73 Å². The van der Waals surface area contributed by atoms with Gasteiger partial charge in [-0.2, -0.15) is 5.10 Å². The molecule has 0 amide bonds. The standard InChI is InChI=1S/C19H29N3/c1-13(2)17-11-18(22(6)21-17)16(12-20)14-7-9-15(10-8-14)19(3,4)5/h7-11,13,16H,12,20H2,1-6H3. The zero-order valence-electron chi connectivity index (χ0n) is 14.7. The van der Waals surface area contributed by atoms with Crippen LogP contribution in [0.5, 0.6) is 0 Å². The molecule has 0 aliphatic rings. The summed E-state index contributed by atoms with van der Waals surface area (Å²) in [5, 5.41) is 4.62. The topological polar surface area (TPSA) is 43.8 Å². The van der Waals surface area contributed by atoms with E-state index in [2.05, 4.69) is 70.0 Å². The summed E-state index contributed by atoms with van der Waals surface area (Å²) in [5.74, 6) is 0.626. The lowest BCUT2D eigenvalue weighted by Gasteiger charge is -2.21. The fraction of sp³-hybridized carbons (Fsp3) is 0.526. The molecule has 22 heavy (non-hydrogen) atoms. The molecule has 2 aromatic rings. The second kappa shape index (κ2) is 6.25. The maximum Gasteiger partial charge on any atom is 0.0653 e. The van der Waals surface area contributed by atoms with E-state index in [1.165, 1.54) is 16.8 Å². The maximum absolute atomic E-state index is 6.07. The summed E-state index contributed by atoms with van der Waals surface area (Å²) in [6.45, 7) is 11.6. The van der Waals surface area contributed by atoms with Gasteiger partial charge in [-0.1, -0.05) is 58.9 Å². The van der Waals surface area contributed by atoms with Crippen LogP contribution in [0.4, 0.5) is 0 Å². The Kier molecular flexibility index (Phi) is 4.76. The zero-order chi connectivity index (χ0) is 16.5. The first-order valence-corrected chi connectivity index (χ1v) is 8.08. The van der Waals surface area contributed by atoms with Gasteiger partial charge in [-0.15, -0.1) is 0 Å². The van der Waals surface area contributed by atoms with Gasteiger partial charge in [0.1, 0.15) is 0 Å². The number of aryl methyl sites for hydroxylation is 1. The molecule has 0 saturated heterocycles. The highest BCUT2D eigenvalue weighted by atomic mass is 15.3. The summed E-state index contributed by atoms with van der Waals surface area (Å²) >= 11 is 0. The summed E-state index contributed by atoms with van der Waals surface area (Å²) in [6, 6.07) is 11.1. The van der Waals surface area contributed by atoms with Gasteiger partial charge in [-0.05, 0) is 28.5 Å². The SMILES string of the molecule is CC(C)c1cc(C(CN)c2ccc(C(C)(C)C)cc2)n(C)n1. The molecule has 120 valence electrons. The first kappa shape index (κ1) is 16.8. The van der Waals surface area contributed by atoms with Gasteiger partial charge < -0.3 is 5.73 Å². The lowest BCUT2D eigenvalue weighted by molar-refractivity contribution is 0.589. The molecule has 0 radical (unpaired) electrons. The van der Waals surface area contributed by atoms with E-state index < -0.39 is 0 Å². The minimum absolute atomic E-state index is 0.175. The van der Waals surface area contributed by atoms with Crippen molar-refractivity contribution in [1.82, 2.24) is 9.78 Å². The highest BCUT2D eigenvalue weighted by Gasteiger charge is 2.20. The summed E-state index contributed by atoms with van der Waals surface area (Å²) < 4.78 is 1.98. The average molecular weight is 299 g/mol. The minimum Gasteiger partial charge on any atom is -0.329 e. The van der Waals surface area contributed by atoms with E-state index in [0.29, 0.717) is 12.5 Å². The molecule has 3 nitrogen and oxygen atoms in total. The van der Waals surface area contributed by atoms with Gasteiger partial charge >= 0.3 is 0 Å². The van der Waals surface area contributed by atoms with Crippen molar-refractivity contribution in [3.05, 3.63) is 52.8 Å². The Hall–Kier alpha value is -1.61. The van der Waals surface area contributed by atoms with Gasteiger partial charge in [-0.3, -0.25) is 4.68 Å². The molecule has 0 bridgehead atoms. The Morgan fingerprint density at radius 1 is 1.14 bits per heavy atom. The second-order valence-electron chi connectivity index (χ2n) is 7.43. The Labute approximate surface area is 134 Å². The van der Waals surface area contributed by atoms with Crippen molar-refractivity contribution < 1.29 is 0 Å². The summed E-state index contributed by atoms with van der Waals surface area (Å²) in [7, 11) is 2.01. The third-order valence-corrected chi connectivity index (χ3v) is 4.30. The molecule has 3 heteroatoms. The number of benzene rings is 1. The van der Waals surface area contributed by atoms with Crippen LogP contribution in [0, 0.1) is 0 Å². The Bertz CT molecular complexity index is 615. The molecular weight excluding hydrogens is 270 g/mol. The number of aromatic nitrogens is 2. The van der Waals surface area contributed by atoms with Crippen LogP contribution >= 0.6 is 0 Å². The lowest BCUT2D eigenvalue weighted by atomic mass is 9.85. The Morgan fingerprint density at radius 3 is 2.14 bits per heavy atom. The molecule has 0 aliphatic carbocycles. The van der Waals surface area contributed by atoms with Gasteiger partial charge in [-0.25, -0.2) is 0 Å². The normalized spacial score (nSPS) is 13.6. The van der Waals surface area contributed by atoms with Crippen LogP contribution in [-0.2, 0) is 12.5 Å². The van der Waals surface area contributed by atoms with Gasteiger partial charge in [0, 0.05) is 25.2 Å². The van der Waals surface area contributed by atoms with Crippen LogP contribution in [0.1, 0.15) is 69.0 Å². The molecule has 1 atom stereocenters. The van der Waals surface area contributed by atoms with E-state index in [1.54, 1.807) is 0 Å². The van der Waals surface area contributed by atoms with Crippen molar-refractivity contribution in [2.45, 2.75) is 51.9 Å². The van der Waals surface area contributed by atoms with Crippen LogP contribution in [-0.4, -0.2) is 16.3 Å². The molecule has 1 aromatic heterocycles. The summed E-state index contributed by atoms with van der Waals surface area (Å²) in [5.41, 5.74) is 11.2. The molecule has 2 rings (SSSR count). The molecule has 0 aliphatic heterocycles. The molecule has 1 aromatic carbocycles. The molecule has 0 spiro atoms. The first-order valence-electron chi connectivity index (χ1n) is 8.08. The average Bonchev–Trinajstić information content (AvgIpc) is 2.82. The summed E-state index contributed by atoms with van der Waals surface area (Å²) in [6.07, 6.45) is 0. The van der Waals surface area contributed by atoms with Gasteiger partial charge in [0.05, 0.1) is 5.69 Å². The van der Waals surface area contributed by atoms with E-state index in [9.17, 15) is 0 Å². The monoisotopic (exact) mass is 299 g/mol. The fourth-order valence-electron chi connectivity index (χ4n) is 2.76. The Balaban J connectivity index is 2.36. The van der Waals surface area contributed by atoms with Crippen LogP contribution in [0.25, 0.3) is 0 Å². The fourth-order valence-corrected chi connectivity index (χ4v) is 2.76. The van der Waals surface area contributed by atoms with Crippen LogP contribution in [0.15, 0.2) is 30.3 Å². The van der Waals surface area contributed by atoms with Gasteiger partial charge in [0.25, 0.3) is 0 Å². The van der Waals surface area contributed by atoms with E-state index >= 15 is 0 Å². The molecule has 1 unspecified atom stereocenters. The number of hydrogen-bond donors (Lipinski definition) is 1. The zero-order valence-corrected chi connectivity index (χ0v) is 14.7. The smallest absolute Gasteiger partial charge is 0.0653 e. The van der Waals surface area contributed by atoms with Crippen molar-refractivity contribution in [3.63, 3.8) is 0 Å². The molecule has 0 saturated carbocycles. The predicted octanol–water partition coefficient (Wildman–Crippen LogP) is 3.93.